The summed E-state index contributed by atoms with van der Waals surface area (Å²) in [6.45, 7) is 8.87. The molecular weight excluding hydrogens is 438 g/mol. The summed E-state index contributed by atoms with van der Waals surface area (Å²) in [6, 6.07) is 18.3. The van der Waals surface area contributed by atoms with Gasteiger partial charge in [-0.15, -0.1) is 0 Å². The molecule has 2 heterocycles. The van der Waals surface area contributed by atoms with Crippen LogP contribution in [0.1, 0.15) is 44.7 Å². The number of rotatable bonds is 8. The first-order chi connectivity index (χ1) is 16.8. The maximum atomic E-state index is 12.6. The third kappa shape index (κ3) is 6.12. The molecule has 35 heavy (non-hydrogen) atoms. The number of para-hydroxylation sites is 1. The van der Waals surface area contributed by atoms with Crippen LogP contribution in [0.4, 0.5) is 0 Å². The van der Waals surface area contributed by atoms with Gasteiger partial charge in [-0.2, -0.15) is 5.26 Å². The van der Waals surface area contributed by atoms with Crippen LogP contribution in [-0.4, -0.2) is 36.3 Å². The number of nitrogens with one attached hydrogen (secondary N) is 1. The van der Waals surface area contributed by atoms with Crippen molar-refractivity contribution in [1.82, 2.24) is 9.88 Å². The van der Waals surface area contributed by atoms with Crippen molar-refractivity contribution in [3.8, 4) is 11.8 Å². The van der Waals surface area contributed by atoms with Crippen LogP contribution in [0.15, 0.2) is 60.3 Å². The largest absolute Gasteiger partial charge is 0.492 e. The van der Waals surface area contributed by atoms with Gasteiger partial charge in [0.05, 0.1) is 12.6 Å². The number of nitriles is 1. The summed E-state index contributed by atoms with van der Waals surface area (Å²) in [5.41, 5.74) is 3.32. The van der Waals surface area contributed by atoms with E-state index in [9.17, 15) is 10.1 Å². The topological polar surface area (TPSA) is 76.3 Å². The number of hydrogen-bond donors (Lipinski definition) is 1. The van der Waals surface area contributed by atoms with Gasteiger partial charge in [0.1, 0.15) is 24.0 Å². The maximum absolute atomic E-state index is 12.6. The Morgan fingerprint density at radius 2 is 2.00 bits per heavy atom. The molecular formula is C29H33N3O3. The molecule has 1 aliphatic rings. The lowest BCUT2D eigenvalue weighted by molar-refractivity contribution is -0.117. The van der Waals surface area contributed by atoms with Crippen molar-refractivity contribution in [2.24, 2.45) is 0 Å². The molecule has 1 fully saturated rings. The molecule has 0 spiro atoms. The van der Waals surface area contributed by atoms with Crippen molar-refractivity contribution in [2.75, 3.05) is 19.8 Å². The minimum Gasteiger partial charge on any atom is -0.492 e. The molecule has 1 N–H and O–H groups in total. The molecule has 1 aromatic heterocycles. The van der Waals surface area contributed by atoms with E-state index in [2.05, 4.69) is 48.9 Å². The molecule has 6 nitrogen and oxygen atoms in total. The lowest BCUT2D eigenvalue weighted by atomic mass is 9.87. The fourth-order valence-corrected chi connectivity index (χ4v) is 4.30. The maximum Gasteiger partial charge on any atom is 0.262 e. The highest BCUT2D eigenvalue weighted by Crippen LogP contribution is 2.26. The van der Waals surface area contributed by atoms with Gasteiger partial charge in [0.15, 0.2) is 0 Å². The second kappa shape index (κ2) is 10.8. The number of ether oxygens (including phenoxy) is 2. The Morgan fingerprint density at radius 3 is 2.69 bits per heavy atom. The summed E-state index contributed by atoms with van der Waals surface area (Å²) in [6.07, 6.45) is 5.61. The lowest BCUT2D eigenvalue weighted by Gasteiger charge is -2.19. The Hall–Kier alpha value is -3.56. The summed E-state index contributed by atoms with van der Waals surface area (Å²) in [5, 5.41) is 13.5. The molecule has 0 bridgehead atoms. The average Bonchev–Trinajstić information content (AvgIpc) is 3.49. The van der Waals surface area contributed by atoms with Crippen molar-refractivity contribution in [3.05, 3.63) is 71.4 Å². The summed E-state index contributed by atoms with van der Waals surface area (Å²) in [5.74, 6) is 0.464. The molecule has 1 unspecified atom stereocenters. The van der Waals surface area contributed by atoms with Gasteiger partial charge >= 0.3 is 0 Å². The minimum absolute atomic E-state index is 0.0328. The van der Waals surface area contributed by atoms with Gasteiger partial charge in [0.25, 0.3) is 5.91 Å². The fraction of sp³-hybridized carbons (Fsp3) is 0.379. The predicted molar refractivity (Wildman–Crippen MR) is 138 cm³/mol. The first kappa shape index (κ1) is 24.6. The number of aromatic nitrogens is 1. The standard InChI is InChI=1S/C29H33N3O3/c1-29(2,3)23-10-12-24(13-11-23)35-16-14-32-20-22(26-8-4-5-9-27(26)32)17-21(18-30)28(33)31-19-25-7-6-15-34-25/h4-5,8-13,17,20,25H,6-7,14-16,19H2,1-3H3,(H,31,33)/b21-17+. The highest BCUT2D eigenvalue weighted by molar-refractivity contribution is 6.04. The smallest absolute Gasteiger partial charge is 0.262 e. The summed E-state index contributed by atoms with van der Waals surface area (Å²) >= 11 is 0. The van der Waals surface area contributed by atoms with Crippen LogP contribution in [0, 0.1) is 11.3 Å². The van der Waals surface area contributed by atoms with E-state index in [1.54, 1.807) is 6.08 Å². The van der Waals surface area contributed by atoms with E-state index >= 15 is 0 Å². The third-order valence-corrected chi connectivity index (χ3v) is 6.32. The first-order valence-corrected chi connectivity index (χ1v) is 12.2. The fourth-order valence-electron chi connectivity index (χ4n) is 4.30. The van der Waals surface area contributed by atoms with Crippen molar-refractivity contribution >= 4 is 22.9 Å². The van der Waals surface area contributed by atoms with Gasteiger partial charge in [-0.1, -0.05) is 51.1 Å². The molecule has 1 amide bonds. The number of amides is 1. The van der Waals surface area contributed by atoms with E-state index in [4.69, 9.17) is 9.47 Å². The molecule has 4 rings (SSSR count). The number of fused-ring (bicyclic) bond motifs is 1. The highest BCUT2D eigenvalue weighted by Gasteiger charge is 2.18. The van der Waals surface area contributed by atoms with Crippen molar-refractivity contribution < 1.29 is 14.3 Å². The van der Waals surface area contributed by atoms with Gasteiger partial charge in [0, 0.05) is 35.8 Å². The van der Waals surface area contributed by atoms with Gasteiger partial charge < -0.3 is 19.4 Å². The Balaban J connectivity index is 1.45. The van der Waals surface area contributed by atoms with Crippen LogP contribution < -0.4 is 10.1 Å². The van der Waals surface area contributed by atoms with Crippen LogP contribution >= 0.6 is 0 Å². The molecule has 0 aliphatic carbocycles. The number of benzene rings is 2. The second-order valence-corrected chi connectivity index (χ2v) is 9.93. The van der Waals surface area contributed by atoms with Gasteiger partial charge in [-0.25, -0.2) is 0 Å². The summed E-state index contributed by atoms with van der Waals surface area (Å²) in [4.78, 5) is 12.6. The van der Waals surface area contributed by atoms with Crippen molar-refractivity contribution in [1.29, 1.82) is 5.26 Å². The first-order valence-electron chi connectivity index (χ1n) is 12.2. The van der Waals surface area contributed by atoms with Gasteiger partial charge in [0.2, 0.25) is 0 Å². The van der Waals surface area contributed by atoms with Crippen LogP contribution in [0.5, 0.6) is 5.75 Å². The van der Waals surface area contributed by atoms with Crippen LogP contribution in [0.25, 0.3) is 17.0 Å². The monoisotopic (exact) mass is 471 g/mol. The average molecular weight is 472 g/mol. The van der Waals surface area contributed by atoms with Crippen molar-refractivity contribution in [3.63, 3.8) is 0 Å². The zero-order valence-corrected chi connectivity index (χ0v) is 20.7. The van der Waals surface area contributed by atoms with E-state index < -0.39 is 0 Å². The van der Waals surface area contributed by atoms with Crippen LogP contribution in [0.3, 0.4) is 0 Å². The van der Waals surface area contributed by atoms with Crippen LogP contribution in [-0.2, 0) is 21.5 Å². The Kier molecular flexibility index (Phi) is 7.57. The zero-order chi connectivity index (χ0) is 24.8. The number of carbonyl (C=O) groups is 1. The summed E-state index contributed by atoms with van der Waals surface area (Å²) < 4.78 is 13.6. The van der Waals surface area contributed by atoms with Gasteiger partial charge in [-0.05, 0) is 48.1 Å². The SMILES string of the molecule is CC(C)(C)c1ccc(OCCn2cc(/C=C(\C#N)C(=O)NCC3CCCO3)c3ccccc32)cc1. The van der Waals surface area contributed by atoms with E-state index in [1.807, 2.05) is 42.6 Å². The Labute approximate surface area is 207 Å². The third-order valence-electron chi connectivity index (χ3n) is 6.32. The minimum atomic E-state index is -0.373. The molecule has 182 valence electrons. The number of nitrogens with zero attached hydrogens (tertiary/aromatic N) is 2. The Morgan fingerprint density at radius 1 is 1.23 bits per heavy atom. The molecule has 1 atom stereocenters. The highest BCUT2D eigenvalue weighted by atomic mass is 16.5. The number of hydrogen-bond acceptors (Lipinski definition) is 4. The van der Waals surface area contributed by atoms with Crippen LogP contribution in [0.2, 0.25) is 0 Å². The van der Waals surface area contributed by atoms with Gasteiger partial charge in [-0.3, -0.25) is 4.79 Å². The molecule has 6 heteroatoms. The molecule has 0 radical (unpaired) electrons. The van der Waals surface area contributed by atoms with Crippen molar-refractivity contribution in [2.45, 2.75) is 51.7 Å². The van der Waals surface area contributed by atoms with E-state index in [0.29, 0.717) is 19.7 Å². The normalized spacial score (nSPS) is 16.3. The number of carbonyl (C=O) groups excluding carboxylic acids is 1. The summed E-state index contributed by atoms with van der Waals surface area (Å²) in [7, 11) is 0. The predicted octanol–water partition coefficient (Wildman–Crippen LogP) is 5.22. The molecule has 3 aromatic rings. The van der Waals surface area contributed by atoms with E-state index in [1.165, 1.54) is 5.56 Å². The molecule has 1 aliphatic heterocycles. The molecule has 2 aromatic carbocycles. The lowest BCUT2D eigenvalue weighted by Crippen LogP contribution is -2.32. The second-order valence-electron chi connectivity index (χ2n) is 9.93. The van der Waals surface area contributed by atoms with E-state index in [0.717, 1.165) is 41.7 Å². The molecule has 0 saturated carbocycles. The quantitative estimate of drug-likeness (QED) is 0.361. The zero-order valence-electron chi connectivity index (χ0n) is 20.7. The molecule has 1 saturated heterocycles. The van der Waals surface area contributed by atoms with E-state index in [-0.39, 0.29) is 23.0 Å². The Bertz CT molecular complexity index is 1240.